The maximum atomic E-state index is 10.6. The summed E-state index contributed by atoms with van der Waals surface area (Å²) in [6, 6.07) is -0.0275. The Morgan fingerprint density at radius 1 is 1.67 bits per heavy atom. The second-order valence-corrected chi connectivity index (χ2v) is 2.08. The van der Waals surface area contributed by atoms with Crippen LogP contribution in [0.2, 0.25) is 0 Å². The number of carbonyl (C=O) groups is 1. The number of nitrogens with zero attached hydrogens (tertiary/aromatic N) is 1. The molecule has 1 N–H and O–H groups in total. The van der Waals surface area contributed by atoms with Crippen molar-refractivity contribution >= 4 is 6.03 Å². The fraction of sp³-hybridized carbons (Fsp3) is 0.833. The largest absolute Gasteiger partial charge is 0.336 e. The summed E-state index contributed by atoms with van der Waals surface area (Å²) in [5, 5.41) is 6.25. The molecule has 3 nitrogen and oxygen atoms in total. The van der Waals surface area contributed by atoms with Crippen LogP contribution in [0.25, 0.3) is 0 Å². The summed E-state index contributed by atoms with van der Waals surface area (Å²) in [5.41, 5.74) is 0. The quantitative estimate of drug-likeness (QED) is 0.586. The van der Waals surface area contributed by atoms with Crippen LogP contribution in [0.4, 0.5) is 4.79 Å². The van der Waals surface area contributed by atoms with Crippen molar-refractivity contribution in [3.63, 3.8) is 0 Å². The number of amides is 2. The normalized spacial score (nSPS) is 9.33. The lowest BCUT2D eigenvalue weighted by Gasteiger charge is -2.05. The molecule has 0 unspecified atom stereocenters. The van der Waals surface area contributed by atoms with E-state index in [-0.39, 0.29) is 12.1 Å². The van der Waals surface area contributed by atoms with Gasteiger partial charge in [0.15, 0.2) is 0 Å². The lowest BCUT2D eigenvalue weighted by Crippen LogP contribution is -2.35. The van der Waals surface area contributed by atoms with Crippen molar-refractivity contribution < 1.29 is 4.79 Å². The standard InChI is InChI=1S/C6H13N2O/c1-4-7-6(9)8-5(2)3/h5H,4H2,1-3H3,(H,8,9). The van der Waals surface area contributed by atoms with E-state index in [0.717, 1.165) is 0 Å². The topological polar surface area (TPSA) is 43.2 Å². The molecule has 0 saturated heterocycles. The minimum atomic E-state index is -0.215. The number of rotatable bonds is 2. The lowest BCUT2D eigenvalue weighted by molar-refractivity contribution is 0.238. The molecule has 3 heteroatoms. The molecule has 0 atom stereocenters. The Bertz CT molecular complexity index is 91.1. The number of hydrogen-bond acceptors (Lipinski definition) is 1. The zero-order valence-corrected chi connectivity index (χ0v) is 6.14. The van der Waals surface area contributed by atoms with E-state index in [4.69, 9.17) is 0 Å². The molecule has 0 aromatic carbocycles. The van der Waals surface area contributed by atoms with Crippen LogP contribution in [0.15, 0.2) is 0 Å². The van der Waals surface area contributed by atoms with Gasteiger partial charge in [-0.25, -0.2) is 10.1 Å². The van der Waals surface area contributed by atoms with Crippen LogP contribution in [0.5, 0.6) is 0 Å². The van der Waals surface area contributed by atoms with Crippen molar-refractivity contribution in [2.75, 3.05) is 6.54 Å². The number of carbonyl (C=O) groups excluding carboxylic acids is 1. The van der Waals surface area contributed by atoms with E-state index in [1.807, 2.05) is 20.8 Å². The van der Waals surface area contributed by atoms with Gasteiger partial charge in [-0.15, -0.1) is 0 Å². The molecule has 53 valence electrons. The molecular formula is C6H13N2O. The Kier molecular flexibility index (Phi) is 3.84. The SMILES string of the molecule is CC[N]C(=O)NC(C)C. The van der Waals surface area contributed by atoms with Gasteiger partial charge in [-0.3, -0.25) is 0 Å². The fourth-order valence-electron chi connectivity index (χ4n) is 0.436. The Balaban J connectivity index is 3.27. The van der Waals surface area contributed by atoms with E-state index >= 15 is 0 Å². The van der Waals surface area contributed by atoms with E-state index in [1.54, 1.807) is 0 Å². The first-order valence-electron chi connectivity index (χ1n) is 3.14. The third-order valence-electron chi connectivity index (χ3n) is 0.714. The molecule has 0 aliphatic rings. The van der Waals surface area contributed by atoms with Crippen molar-refractivity contribution in [3.05, 3.63) is 0 Å². The molecular weight excluding hydrogens is 116 g/mol. The first-order chi connectivity index (χ1) is 4.16. The minimum absolute atomic E-state index is 0.188. The highest BCUT2D eigenvalue weighted by molar-refractivity contribution is 5.73. The first-order valence-corrected chi connectivity index (χ1v) is 3.14. The molecule has 0 aromatic rings. The fourth-order valence-corrected chi connectivity index (χ4v) is 0.436. The van der Waals surface area contributed by atoms with Crippen LogP contribution in [-0.2, 0) is 0 Å². The summed E-state index contributed by atoms with van der Waals surface area (Å²) in [5.74, 6) is 0. The Morgan fingerprint density at radius 2 is 2.22 bits per heavy atom. The lowest BCUT2D eigenvalue weighted by atomic mass is 10.4. The zero-order chi connectivity index (χ0) is 7.28. The van der Waals surface area contributed by atoms with Crippen LogP contribution < -0.4 is 10.6 Å². The van der Waals surface area contributed by atoms with Crippen molar-refractivity contribution in [2.24, 2.45) is 0 Å². The van der Waals surface area contributed by atoms with Crippen molar-refractivity contribution in [1.82, 2.24) is 10.6 Å². The molecule has 1 radical (unpaired) electrons. The van der Waals surface area contributed by atoms with E-state index in [0.29, 0.717) is 6.54 Å². The van der Waals surface area contributed by atoms with Gasteiger partial charge in [-0.05, 0) is 20.8 Å². The minimum Gasteiger partial charge on any atom is -0.334 e. The highest BCUT2D eigenvalue weighted by Crippen LogP contribution is 1.75. The van der Waals surface area contributed by atoms with E-state index in [9.17, 15) is 4.79 Å². The molecule has 0 fully saturated rings. The molecule has 0 spiro atoms. The second-order valence-electron chi connectivity index (χ2n) is 2.08. The average Bonchev–Trinajstić information content (AvgIpc) is 1.63. The second kappa shape index (κ2) is 4.18. The highest BCUT2D eigenvalue weighted by Gasteiger charge is 1.99. The van der Waals surface area contributed by atoms with Gasteiger partial charge < -0.3 is 5.32 Å². The van der Waals surface area contributed by atoms with Gasteiger partial charge in [0.1, 0.15) is 0 Å². The van der Waals surface area contributed by atoms with Gasteiger partial charge in [0.05, 0.1) is 0 Å². The Hall–Kier alpha value is -0.730. The summed E-state index contributed by atoms with van der Waals surface area (Å²) in [7, 11) is 0. The summed E-state index contributed by atoms with van der Waals surface area (Å²) in [6.07, 6.45) is 0. The molecule has 0 aromatic heterocycles. The number of urea groups is 1. The van der Waals surface area contributed by atoms with Crippen molar-refractivity contribution in [1.29, 1.82) is 0 Å². The molecule has 0 aliphatic carbocycles. The molecule has 0 saturated carbocycles. The van der Waals surface area contributed by atoms with Crippen LogP contribution in [0.1, 0.15) is 20.8 Å². The summed E-state index contributed by atoms with van der Waals surface area (Å²) < 4.78 is 0. The van der Waals surface area contributed by atoms with Gasteiger partial charge >= 0.3 is 6.03 Å². The van der Waals surface area contributed by atoms with E-state index < -0.39 is 0 Å². The highest BCUT2D eigenvalue weighted by atomic mass is 16.2. The van der Waals surface area contributed by atoms with E-state index in [2.05, 4.69) is 10.6 Å². The summed E-state index contributed by atoms with van der Waals surface area (Å²) in [4.78, 5) is 10.6. The van der Waals surface area contributed by atoms with Crippen LogP contribution in [0.3, 0.4) is 0 Å². The summed E-state index contributed by atoms with van der Waals surface area (Å²) in [6.45, 7) is 6.20. The predicted molar refractivity (Wildman–Crippen MR) is 36.3 cm³/mol. The Labute approximate surface area is 55.8 Å². The smallest absolute Gasteiger partial charge is 0.334 e. The van der Waals surface area contributed by atoms with Crippen LogP contribution >= 0.6 is 0 Å². The van der Waals surface area contributed by atoms with Gasteiger partial charge in [0.25, 0.3) is 0 Å². The molecule has 9 heavy (non-hydrogen) atoms. The monoisotopic (exact) mass is 129 g/mol. The summed E-state index contributed by atoms with van der Waals surface area (Å²) >= 11 is 0. The van der Waals surface area contributed by atoms with E-state index in [1.165, 1.54) is 0 Å². The number of hydrogen-bond donors (Lipinski definition) is 1. The van der Waals surface area contributed by atoms with Gasteiger partial charge in [0, 0.05) is 12.6 Å². The Morgan fingerprint density at radius 3 is 2.56 bits per heavy atom. The zero-order valence-electron chi connectivity index (χ0n) is 6.14. The van der Waals surface area contributed by atoms with Gasteiger partial charge in [-0.1, -0.05) is 0 Å². The van der Waals surface area contributed by atoms with Gasteiger partial charge in [0.2, 0.25) is 0 Å². The number of nitrogens with one attached hydrogen (secondary N) is 1. The maximum Gasteiger partial charge on any atom is 0.336 e. The predicted octanol–water partition coefficient (Wildman–Crippen LogP) is 0.729. The van der Waals surface area contributed by atoms with Crippen LogP contribution in [-0.4, -0.2) is 18.6 Å². The molecule has 0 rings (SSSR count). The molecule has 0 heterocycles. The van der Waals surface area contributed by atoms with Crippen molar-refractivity contribution in [3.8, 4) is 0 Å². The average molecular weight is 129 g/mol. The maximum absolute atomic E-state index is 10.6. The van der Waals surface area contributed by atoms with Gasteiger partial charge in [-0.2, -0.15) is 0 Å². The third kappa shape index (κ3) is 5.14. The third-order valence-corrected chi connectivity index (χ3v) is 0.714. The van der Waals surface area contributed by atoms with Crippen molar-refractivity contribution in [2.45, 2.75) is 26.8 Å². The first kappa shape index (κ1) is 8.27. The van der Waals surface area contributed by atoms with Crippen LogP contribution in [0, 0.1) is 0 Å². The molecule has 2 amide bonds. The molecule has 0 aliphatic heterocycles. The molecule has 0 bridgehead atoms.